The number of ketones is 1. The van der Waals surface area contributed by atoms with Crippen molar-refractivity contribution in [2.45, 2.75) is 26.4 Å². The number of benzene rings is 3. The van der Waals surface area contributed by atoms with Crippen LogP contribution in [0.1, 0.15) is 36.6 Å². The molecule has 6 heteroatoms. The van der Waals surface area contributed by atoms with Gasteiger partial charge in [-0.25, -0.2) is 0 Å². The van der Waals surface area contributed by atoms with Crippen LogP contribution in [0.15, 0.2) is 96.8 Å². The molecule has 0 aliphatic carbocycles. The predicted octanol–water partition coefficient (Wildman–Crippen LogP) is 5.70. The predicted molar refractivity (Wildman–Crippen MR) is 146 cm³/mol. The van der Waals surface area contributed by atoms with Crippen LogP contribution >= 0.6 is 0 Å². The van der Waals surface area contributed by atoms with E-state index in [4.69, 9.17) is 0 Å². The number of aliphatic hydroxyl groups is 1. The zero-order valence-corrected chi connectivity index (χ0v) is 21.0. The van der Waals surface area contributed by atoms with E-state index in [0.29, 0.717) is 5.56 Å². The number of hydrogen-bond acceptors (Lipinski definition) is 5. The second kappa shape index (κ2) is 10.3. The van der Waals surface area contributed by atoms with Gasteiger partial charge in [-0.05, 0) is 60.0 Å². The van der Waals surface area contributed by atoms with E-state index in [1.807, 2.05) is 72.8 Å². The quantitative estimate of drug-likeness (QED) is 0.204. The van der Waals surface area contributed by atoms with Gasteiger partial charge in [0.15, 0.2) is 0 Å². The zero-order valence-electron chi connectivity index (χ0n) is 21.0. The number of pyridine rings is 1. The molecule has 1 saturated heterocycles. The van der Waals surface area contributed by atoms with Crippen LogP contribution in [0.3, 0.4) is 0 Å². The molecule has 3 aromatic carbocycles. The highest BCUT2D eigenvalue weighted by Gasteiger charge is 2.46. The van der Waals surface area contributed by atoms with Gasteiger partial charge in [-0.3, -0.25) is 14.6 Å². The molecule has 6 nitrogen and oxygen atoms in total. The molecular weight excluding hydrogens is 462 g/mol. The van der Waals surface area contributed by atoms with E-state index in [-0.39, 0.29) is 17.9 Å². The topological polar surface area (TPSA) is 73.7 Å². The van der Waals surface area contributed by atoms with E-state index >= 15 is 0 Å². The van der Waals surface area contributed by atoms with Gasteiger partial charge in [-0.15, -0.1) is 0 Å². The number of carbonyl (C=O) groups is 2. The first-order valence-electron chi connectivity index (χ1n) is 12.5. The van der Waals surface area contributed by atoms with Crippen molar-refractivity contribution in [2.75, 3.05) is 18.0 Å². The van der Waals surface area contributed by atoms with E-state index in [2.05, 4.69) is 23.7 Å². The smallest absolute Gasteiger partial charge is 0.295 e. The number of amides is 1. The average Bonchev–Trinajstić information content (AvgIpc) is 3.19. The molecule has 186 valence electrons. The molecule has 2 heterocycles. The Labute approximate surface area is 216 Å². The maximum Gasteiger partial charge on any atom is 0.295 e. The summed E-state index contributed by atoms with van der Waals surface area (Å²) in [5, 5.41) is 13.4. The minimum atomic E-state index is -0.724. The van der Waals surface area contributed by atoms with Crippen LogP contribution in [-0.2, 0) is 16.1 Å². The lowest BCUT2D eigenvalue weighted by molar-refractivity contribution is -0.140. The van der Waals surface area contributed by atoms with E-state index in [9.17, 15) is 14.7 Å². The van der Waals surface area contributed by atoms with E-state index in [1.54, 1.807) is 23.4 Å². The minimum Gasteiger partial charge on any atom is -0.507 e. The third-order valence-corrected chi connectivity index (χ3v) is 7.02. The average molecular weight is 492 g/mol. The fraction of sp³-hybridized carbons (Fsp3) is 0.194. The number of fused-ring (bicyclic) bond motifs is 1. The van der Waals surface area contributed by atoms with Crippen LogP contribution < -0.4 is 4.90 Å². The molecule has 1 N–H and O–H groups in total. The fourth-order valence-electron chi connectivity index (χ4n) is 5.11. The van der Waals surface area contributed by atoms with Crippen molar-refractivity contribution in [3.05, 3.63) is 114 Å². The molecule has 1 aliphatic rings. The van der Waals surface area contributed by atoms with Gasteiger partial charge in [-0.1, -0.05) is 54.6 Å². The van der Waals surface area contributed by atoms with Gasteiger partial charge in [0, 0.05) is 43.3 Å². The maximum absolute atomic E-state index is 13.5. The molecule has 1 fully saturated rings. The normalized spacial score (nSPS) is 16.9. The molecular formula is C31H29N3O3. The number of carbonyl (C=O) groups excluding carboxylic acids is 2. The summed E-state index contributed by atoms with van der Waals surface area (Å²) < 4.78 is 0. The van der Waals surface area contributed by atoms with Gasteiger partial charge in [0.05, 0.1) is 11.6 Å². The van der Waals surface area contributed by atoms with Crippen molar-refractivity contribution in [1.82, 2.24) is 9.88 Å². The summed E-state index contributed by atoms with van der Waals surface area (Å²) in [6.45, 7) is 6.17. The molecule has 37 heavy (non-hydrogen) atoms. The number of aliphatic hydroxyl groups excluding tert-OH is 1. The zero-order chi connectivity index (χ0) is 25.9. The van der Waals surface area contributed by atoms with Crippen molar-refractivity contribution >= 4 is 33.9 Å². The van der Waals surface area contributed by atoms with Gasteiger partial charge in [0.2, 0.25) is 0 Å². The summed E-state index contributed by atoms with van der Waals surface area (Å²) in [7, 11) is 0. The fourth-order valence-corrected chi connectivity index (χ4v) is 5.11. The Morgan fingerprint density at radius 3 is 2.27 bits per heavy atom. The first-order valence-corrected chi connectivity index (χ1v) is 12.5. The van der Waals surface area contributed by atoms with Crippen LogP contribution in [0.4, 0.5) is 5.69 Å². The van der Waals surface area contributed by atoms with Gasteiger partial charge in [-0.2, -0.15) is 0 Å². The number of hydrogen-bond donors (Lipinski definition) is 1. The first kappa shape index (κ1) is 24.3. The lowest BCUT2D eigenvalue weighted by atomic mass is 9.93. The molecule has 0 radical (unpaired) electrons. The number of Topliss-reactive ketones (excluding diaryl/α,β-unsaturated/α-hetero) is 1. The molecule has 0 spiro atoms. The second-order valence-corrected chi connectivity index (χ2v) is 9.07. The Morgan fingerprint density at radius 2 is 1.57 bits per heavy atom. The monoisotopic (exact) mass is 491 g/mol. The standard InChI is InChI=1S/C31H29N3O3/c1-3-33(4-2)24-14-12-23(13-15-24)28-27(29(35)26-11-7-9-22-8-5-6-10-25(22)26)30(36)31(37)34(28)20-21-16-18-32-19-17-21/h5-19,28,35H,3-4,20H2,1-2H3/b29-27-. The summed E-state index contributed by atoms with van der Waals surface area (Å²) in [6.07, 6.45) is 3.33. The molecule has 1 unspecified atom stereocenters. The number of rotatable bonds is 7. The van der Waals surface area contributed by atoms with Crippen LogP contribution in [0.5, 0.6) is 0 Å². The number of nitrogens with zero attached hydrogens (tertiary/aromatic N) is 3. The third kappa shape index (κ3) is 4.47. The molecule has 4 aromatic rings. The SMILES string of the molecule is CCN(CC)c1ccc(C2/C(=C(/O)c3cccc4ccccc34)C(=O)C(=O)N2Cc2ccncc2)cc1. The highest BCUT2D eigenvalue weighted by molar-refractivity contribution is 6.46. The summed E-state index contributed by atoms with van der Waals surface area (Å²) in [5.41, 5.74) is 3.32. The highest BCUT2D eigenvalue weighted by Crippen LogP contribution is 2.41. The lowest BCUT2D eigenvalue weighted by Crippen LogP contribution is -2.29. The molecule has 5 rings (SSSR count). The van der Waals surface area contributed by atoms with Crippen LogP contribution in [-0.4, -0.2) is 39.8 Å². The summed E-state index contributed by atoms with van der Waals surface area (Å²) in [6, 6.07) is 24.1. The Kier molecular flexibility index (Phi) is 6.73. The molecule has 1 atom stereocenters. The Morgan fingerprint density at radius 1 is 0.892 bits per heavy atom. The highest BCUT2D eigenvalue weighted by atomic mass is 16.3. The summed E-state index contributed by atoms with van der Waals surface area (Å²) in [5.74, 6) is -1.47. The lowest BCUT2D eigenvalue weighted by Gasteiger charge is -2.27. The van der Waals surface area contributed by atoms with Gasteiger partial charge >= 0.3 is 0 Å². The van der Waals surface area contributed by atoms with Crippen molar-refractivity contribution in [1.29, 1.82) is 0 Å². The van der Waals surface area contributed by atoms with Gasteiger partial charge in [0.25, 0.3) is 11.7 Å². The Hall–Kier alpha value is -4.45. The van der Waals surface area contributed by atoms with Gasteiger partial charge < -0.3 is 14.9 Å². The second-order valence-electron chi connectivity index (χ2n) is 9.07. The first-order chi connectivity index (χ1) is 18.0. The molecule has 1 amide bonds. The summed E-state index contributed by atoms with van der Waals surface area (Å²) >= 11 is 0. The summed E-state index contributed by atoms with van der Waals surface area (Å²) in [4.78, 5) is 34.7. The van der Waals surface area contributed by atoms with Crippen molar-refractivity contribution in [2.24, 2.45) is 0 Å². The molecule has 0 saturated carbocycles. The Balaban J connectivity index is 1.67. The van der Waals surface area contributed by atoms with E-state index in [1.165, 1.54) is 0 Å². The molecule has 1 aliphatic heterocycles. The van der Waals surface area contributed by atoms with Crippen LogP contribution in [0, 0.1) is 0 Å². The maximum atomic E-state index is 13.5. The third-order valence-electron chi connectivity index (χ3n) is 7.02. The van der Waals surface area contributed by atoms with Crippen molar-refractivity contribution in [3.63, 3.8) is 0 Å². The molecule has 1 aromatic heterocycles. The number of likely N-dealkylation sites (tertiary alicyclic amines) is 1. The van der Waals surface area contributed by atoms with Crippen molar-refractivity contribution in [3.8, 4) is 0 Å². The van der Waals surface area contributed by atoms with Crippen LogP contribution in [0.2, 0.25) is 0 Å². The van der Waals surface area contributed by atoms with E-state index in [0.717, 1.165) is 40.7 Å². The van der Waals surface area contributed by atoms with E-state index < -0.39 is 17.7 Å². The molecule has 0 bridgehead atoms. The number of aromatic nitrogens is 1. The van der Waals surface area contributed by atoms with Crippen LogP contribution in [0.25, 0.3) is 16.5 Å². The minimum absolute atomic E-state index is 0.103. The largest absolute Gasteiger partial charge is 0.507 e. The Bertz CT molecular complexity index is 1470. The van der Waals surface area contributed by atoms with Gasteiger partial charge in [0.1, 0.15) is 5.76 Å². The van der Waals surface area contributed by atoms with Crippen molar-refractivity contribution < 1.29 is 14.7 Å². The number of anilines is 1.